The Balaban J connectivity index is 0.000000335. The van der Waals surface area contributed by atoms with Gasteiger partial charge in [-0.05, 0) is 43.2 Å². The fraction of sp³-hybridized carbons (Fsp3) is 0.522. The van der Waals surface area contributed by atoms with Gasteiger partial charge in [0.2, 0.25) is 11.8 Å². The molecule has 1 aromatic heterocycles. The van der Waals surface area contributed by atoms with Gasteiger partial charge in [-0.3, -0.25) is 14.7 Å². The molecule has 2 amide bonds. The van der Waals surface area contributed by atoms with Gasteiger partial charge < -0.3 is 16.0 Å². The molecule has 0 fully saturated rings. The number of rotatable bonds is 7. The Hall–Kier alpha value is -2.67. The van der Waals surface area contributed by atoms with E-state index in [0.717, 1.165) is 43.4 Å². The lowest BCUT2D eigenvalue weighted by Gasteiger charge is -2.30. The van der Waals surface area contributed by atoms with Gasteiger partial charge in [-0.15, -0.1) is 0 Å². The Labute approximate surface area is 179 Å². The molecule has 0 radical (unpaired) electrons. The minimum absolute atomic E-state index is 0.0776. The van der Waals surface area contributed by atoms with Crippen molar-refractivity contribution in [2.75, 3.05) is 13.6 Å². The summed E-state index contributed by atoms with van der Waals surface area (Å²) in [4.78, 5) is 25.8. The maximum absolute atomic E-state index is 12.5. The molecule has 30 heavy (non-hydrogen) atoms. The molecule has 3 rings (SSSR count). The molecule has 0 saturated heterocycles. The zero-order valence-electron chi connectivity index (χ0n) is 18.4. The molecule has 7 nitrogen and oxygen atoms in total. The van der Waals surface area contributed by atoms with E-state index >= 15 is 0 Å². The standard InChI is InChI=1S/C15H25N5O2.C8H10/c1-3-4-13(20(2)14(21)8-16)15(22)18-11-5-6-12-10(7-11)9-17-19-12;1-2-8-6-4-3-5-7-8/h9,11,13H,3-8,16H2,1-2H3,(H,17,19)(H,18,22);3-7H,2H2,1H3/t11?,13-;/m0./s1. The van der Waals surface area contributed by atoms with E-state index in [1.54, 1.807) is 7.05 Å². The van der Waals surface area contributed by atoms with Crippen molar-refractivity contribution < 1.29 is 9.59 Å². The number of aromatic nitrogens is 2. The van der Waals surface area contributed by atoms with E-state index in [1.807, 2.05) is 19.2 Å². The van der Waals surface area contributed by atoms with Crippen LogP contribution in [0.3, 0.4) is 0 Å². The minimum Gasteiger partial charge on any atom is -0.351 e. The van der Waals surface area contributed by atoms with Crippen molar-refractivity contribution in [1.29, 1.82) is 0 Å². The number of amides is 2. The highest BCUT2D eigenvalue weighted by Gasteiger charge is 2.28. The number of hydrogen-bond acceptors (Lipinski definition) is 4. The van der Waals surface area contributed by atoms with E-state index < -0.39 is 6.04 Å². The number of H-pyrrole nitrogens is 1. The summed E-state index contributed by atoms with van der Waals surface area (Å²) in [5, 5.41) is 10.1. The summed E-state index contributed by atoms with van der Waals surface area (Å²) in [5.74, 6) is -0.308. The lowest BCUT2D eigenvalue weighted by molar-refractivity contribution is -0.138. The van der Waals surface area contributed by atoms with E-state index in [1.165, 1.54) is 10.5 Å². The fourth-order valence-electron chi connectivity index (χ4n) is 3.64. The van der Waals surface area contributed by atoms with Crippen LogP contribution in [0.25, 0.3) is 0 Å². The zero-order chi connectivity index (χ0) is 21.9. The van der Waals surface area contributed by atoms with Crippen LogP contribution < -0.4 is 11.1 Å². The molecule has 2 aromatic rings. The maximum Gasteiger partial charge on any atom is 0.243 e. The molecule has 7 heteroatoms. The van der Waals surface area contributed by atoms with Gasteiger partial charge in [0.1, 0.15) is 6.04 Å². The number of aryl methyl sites for hydroxylation is 2. The molecule has 164 valence electrons. The molecule has 0 saturated carbocycles. The van der Waals surface area contributed by atoms with Gasteiger partial charge in [0.25, 0.3) is 0 Å². The minimum atomic E-state index is -0.452. The summed E-state index contributed by atoms with van der Waals surface area (Å²) in [7, 11) is 1.64. The number of nitrogens with zero attached hydrogens (tertiary/aromatic N) is 2. The summed E-state index contributed by atoms with van der Waals surface area (Å²) in [6.07, 6.45) is 6.98. The molecule has 1 aromatic carbocycles. The number of carbonyl (C=O) groups excluding carboxylic acids is 2. The van der Waals surface area contributed by atoms with Gasteiger partial charge in [0, 0.05) is 18.8 Å². The fourth-order valence-corrected chi connectivity index (χ4v) is 3.64. The van der Waals surface area contributed by atoms with Crippen LogP contribution in [-0.2, 0) is 28.9 Å². The smallest absolute Gasteiger partial charge is 0.243 e. The first-order valence-corrected chi connectivity index (χ1v) is 10.8. The second-order valence-corrected chi connectivity index (χ2v) is 7.67. The summed E-state index contributed by atoms with van der Waals surface area (Å²) >= 11 is 0. The Morgan fingerprint density at radius 3 is 2.63 bits per heavy atom. The predicted molar refractivity (Wildman–Crippen MR) is 119 cm³/mol. The monoisotopic (exact) mass is 413 g/mol. The van der Waals surface area contributed by atoms with Crippen LogP contribution in [-0.4, -0.2) is 52.6 Å². The van der Waals surface area contributed by atoms with Crippen LogP contribution in [0.2, 0.25) is 0 Å². The predicted octanol–water partition coefficient (Wildman–Crippen LogP) is 2.22. The largest absolute Gasteiger partial charge is 0.351 e. The zero-order valence-corrected chi connectivity index (χ0v) is 18.4. The number of nitrogens with one attached hydrogen (secondary N) is 2. The molecular weight excluding hydrogens is 378 g/mol. The first-order chi connectivity index (χ1) is 14.5. The van der Waals surface area contributed by atoms with E-state index in [-0.39, 0.29) is 24.4 Å². The summed E-state index contributed by atoms with van der Waals surface area (Å²) < 4.78 is 0. The van der Waals surface area contributed by atoms with Crippen LogP contribution in [0.5, 0.6) is 0 Å². The van der Waals surface area contributed by atoms with Crippen molar-refractivity contribution >= 4 is 11.8 Å². The van der Waals surface area contributed by atoms with Crippen molar-refractivity contribution in [2.24, 2.45) is 5.73 Å². The Morgan fingerprint density at radius 1 is 1.30 bits per heavy atom. The number of nitrogens with two attached hydrogens (primary N) is 1. The Bertz CT molecular complexity index is 790. The molecule has 1 unspecified atom stereocenters. The average molecular weight is 414 g/mol. The van der Waals surface area contributed by atoms with Crippen molar-refractivity contribution in [1.82, 2.24) is 20.4 Å². The Kier molecular flexibility index (Phi) is 9.54. The number of fused-ring (bicyclic) bond motifs is 1. The van der Waals surface area contributed by atoms with E-state index in [2.05, 4.69) is 46.7 Å². The molecular formula is C23H35N5O2. The SMILES string of the molecule is CCC[C@@H](C(=O)NC1CCc2[nH]ncc2C1)N(C)C(=O)CN.CCc1ccccc1. The van der Waals surface area contributed by atoms with Gasteiger partial charge >= 0.3 is 0 Å². The maximum atomic E-state index is 12.5. The number of benzene rings is 1. The van der Waals surface area contributed by atoms with Gasteiger partial charge in [0.15, 0.2) is 0 Å². The van der Waals surface area contributed by atoms with Crippen LogP contribution in [0, 0.1) is 0 Å². The molecule has 4 N–H and O–H groups in total. The van der Waals surface area contributed by atoms with Gasteiger partial charge in [-0.2, -0.15) is 5.10 Å². The lowest BCUT2D eigenvalue weighted by atomic mass is 9.93. The van der Waals surface area contributed by atoms with Gasteiger partial charge in [-0.1, -0.05) is 50.6 Å². The molecule has 0 spiro atoms. The normalized spacial score (nSPS) is 15.9. The third-order valence-corrected chi connectivity index (χ3v) is 5.51. The number of likely N-dealkylation sites (N-methyl/N-ethyl adjacent to an activating group) is 1. The topological polar surface area (TPSA) is 104 Å². The quantitative estimate of drug-likeness (QED) is 0.647. The molecule has 0 bridgehead atoms. The molecule has 2 atom stereocenters. The van der Waals surface area contributed by atoms with Crippen molar-refractivity contribution in [3.05, 3.63) is 53.3 Å². The second-order valence-electron chi connectivity index (χ2n) is 7.67. The van der Waals surface area contributed by atoms with Crippen LogP contribution >= 0.6 is 0 Å². The molecule has 1 aliphatic carbocycles. The van der Waals surface area contributed by atoms with Gasteiger partial charge in [0.05, 0.1) is 12.7 Å². The number of carbonyl (C=O) groups is 2. The highest BCUT2D eigenvalue weighted by Crippen LogP contribution is 2.19. The van der Waals surface area contributed by atoms with Crippen molar-refractivity contribution in [3.63, 3.8) is 0 Å². The van der Waals surface area contributed by atoms with E-state index in [9.17, 15) is 9.59 Å². The first kappa shape index (κ1) is 23.6. The second kappa shape index (κ2) is 12.1. The lowest BCUT2D eigenvalue weighted by Crippen LogP contribution is -2.52. The van der Waals surface area contributed by atoms with Gasteiger partial charge in [-0.25, -0.2) is 0 Å². The Morgan fingerprint density at radius 2 is 2.03 bits per heavy atom. The summed E-state index contributed by atoms with van der Waals surface area (Å²) in [6, 6.07) is 10.1. The molecule has 1 heterocycles. The highest BCUT2D eigenvalue weighted by atomic mass is 16.2. The van der Waals surface area contributed by atoms with Crippen LogP contribution in [0.4, 0.5) is 0 Å². The van der Waals surface area contributed by atoms with E-state index in [0.29, 0.717) is 6.42 Å². The third-order valence-electron chi connectivity index (χ3n) is 5.51. The van der Waals surface area contributed by atoms with E-state index in [4.69, 9.17) is 5.73 Å². The number of hydrogen-bond donors (Lipinski definition) is 3. The first-order valence-electron chi connectivity index (χ1n) is 10.8. The van der Waals surface area contributed by atoms with Crippen molar-refractivity contribution in [3.8, 4) is 0 Å². The third kappa shape index (κ3) is 6.69. The summed E-state index contributed by atoms with van der Waals surface area (Å²) in [6.45, 7) is 4.08. The number of aromatic amines is 1. The molecule has 1 aliphatic rings. The summed E-state index contributed by atoms with van der Waals surface area (Å²) in [5.41, 5.74) is 9.13. The van der Waals surface area contributed by atoms with Crippen molar-refractivity contribution in [2.45, 2.75) is 64.5 Å². The molecule has 0 aliphatic heterocycles. The highest BCUT2D eigenvalue weighted by molar-refractivity contribution is 5.88. The van der Waals surface area contributed by atoms with Crippen LogP contribution in [0.15, 0.2) is 36.5 Å². The van der Waals surface area contributed by atoms with Crippen LogP contribution in [0.1, 0.15) is 49.9 Å². The average Bonchev–Trinajstić information content (AvgIpc) is 3.25.